The summed E-state index contributed by atoms with van der Waals surface area (Å²) in [7, 11) is -2.51. The molecule has 0 rings (SSSR count). The Morgan fingerprint density at radius 1 is 0.818 bits per heavy atom. The molecule has 11 heavy (non-hydrogen) atoms. The van der Waals surface area contributed by atoms with Crippen LogP contribution in [0, 0.1) is 0 Å². The van der Waals surface area contributed by atoms with Crippen molar-refractivity contribution in [2.75, 3.05) is 0 Å². The highest BCUT2D eigenvalue weighted by Crippen LogP contribution is 2.02. The third kappa shape index (κ3) is 10.2. The van der Waals surface area contributed by atoms with E-state index in [1.54, 1.807) is 0 Å². The zero-order chi connectivity index (χ0) is 8.69. The monoisotopic (exact) mass is 204 g/mol. The van der Waals surface area contributed by atoms with E-state index in [0.717, 1.165) is 0 Å². The lowest BCUT2D eigenvalue weighted by Crippen LogP contribution is -2.06. The minimum atomic E-state index is -2.14. The maximum absolute atomic E-state index is 11.5. The quantitative estimate of drug-likeness (QED) is 0.344. The number of alkyl halides is 4. The van der Waals surface area contributed by atoms with E-state index in [0.29, 0.717) is 18.5 Å². The summed E-state index contributed by atoms with van der Waals surface area (Å²) >= 11 is 0. The lowest BCUT2D eigenvalue weighted by Gasteiger charge is -1.98. The Kier molecular flexibility index (Phi) is 6.93. The van der Waals surface area contributed by atoms with Gasteiger partial charge >= 0.3 is 0 Å². The molecule has 0 aliphatic heterocycles. The number of halogens is 4. The molecule has 0 aliphatic rings. The normalized spacial score (nSPS) is 13.6. The van der Waals surface area contributed by atoms with Gasteiger partial charge in [0.1, 0.15) is 19.0 Å². The topological polar surface area (TPSA) is 0 Å². The minimum absolute atomic E-state index is 0.525. The summed E-state index contributed by atoms with van der Waals surface area (Å²) in [5, 5.41) is 0. The highest BCUT2D eigenvalue weighted by atomic mass is 28.2. The van der Waals surface area contributed by atoms with Crippen LogP contribution in [0.15, 0.2) is 0 Å². The molecule has 0 heterocycles. The Morgan fingerprint density at radius 3 is 1.45 bits per heavy atom. The molecule has 0 aromatic heterocycles. The zero-order valence-corrected chi connectivity index (χ0v) is 9.03. The van der Waals surface area contributed by atoms with Crippen LogP contribution >= 0.6 is 0 Å². The maximum Gasteiger partial charge on any atom is 0.214 e. The van der Waals surface area contributed by atoms with Crippen LogP contribution in [0.2, 0.25) is 12.1 Å². The second-order valence-corrected chi connectivity index (χ2v) is 6.22. The average molecular weight is 204 g/mol. The van der Waals surface area contributed by atoms with Crippen molar-refractivity contribution in [2.24, 2.45) is 0 Å². The fourth-order valence-corrected chi connectivity index (χ4v) is 3.38. The predicted molar refractivity (Wildman–Crippen MR) is 43.3 cm³/mol. The van der Waals surface area contributed by atoms with Crippen molar-refractivity contribution in [1.29, 1.82) is 0 Å². The fraction of sp³-hybridized carbons (Fsp3) is 1.00. The lowest BCUT2D eigenvalue weighted by atomic mass is 10.6. The first-order valence-electron chi connectivity index (χ1n) is 3.69. The summed E-state index contributed by atoms with van der Waals surface area (Å²) in [5.41, 5.74) is 0. The third-order valence-corrected chi connectivity index (χ3v) is 4.03. The van der Waals surface area contributed by atoms with Gasteiger partial charge in [-0.2, -0.15) is 0 Å². The molecule has 0 saturated carbocycles. The van der Waals surface area contributed by atoms with E-state index in [-0.39, 0.29) is 0 Å². The van der Waals surface area contributed by atoms with Gasteiger partial charge in [-0.05, 0) is 0 Å². The molecule has 0 saturated heterocycles. The molecule has 0 amide bonds. The van der Waals surface area contributed by atoms with Gasteiger partial charge in [0.15, 0.2) is 0 Å². The second-order valence-electron chi connectivity index (χ2n) is 2.42. The lowest BCUT2D eigenvalue weighted by molar-refractivity contribution is 0.237. The molecule has 0 unspecified atom stereocenters. The second kappa shape index (κ2) is 6.84. The van der Waals surface area contributed by atoms with Gasteiger partial charge in [-0.15, -0.1) is 0 Å². The number of hydrogen-bond acceptors (Lipinski definition) is 0. The Hall–Kier alpha value is 0.154. The van der Waals surface area contributed by atoms with Crippen LogP contribution in [0.25, 0.3) is 0 Å². The smallest absolute Gasteiger partial charge is 0.214 e. The van der Waals surface area contributed by atoms with E-state index in [2.05, 4.69) is 0 Å². The van der Waals surface area contributed by atoms with Crippen molar-refractivity contribution in [3.63, 3.8) is 0 Å². The molecule has 0 aliphatic carbocycles. The first kappa shape index (κ1) is 11.2. The molecule has 0 N–H and O–H groups in total. The van der Waals surface area contributed by atoms with Crippen molar-refractivity contribution in [1.82, 2.24) is 0 Å². The first-order valence-corrected chi connectivity index (χ1v) is 7.32. The van der Waals surface area contributed by atoms with Crippen molar-refractivity contribution in [3.8, 4) is 0 Å². The summed E-state index contributed by atoms with van der Waals surface area (Å²) in [6.45, 7) is 0. The van der Waals surface area contributed by atoms with Crippen LogP contribution in [0.3, 0.4) is 0 Å². The predicted octanol–water partition coefficient (Wildman–Crippen LogP) is 0.996. The Balaban J connectivity index is 2.91. The van der Waals surface area contributed by atoms with Gasteiger partial charge in [-0.25, -0.2) is 17.6 Å². The van der Waals surface area contributed by atoms with E-state index in [9.17, 15) is 17.6 Å². The number of rotatable bonds is 6. The van der Waals surface area contributed by atoms with Crippen LogP contribution in [-0.4, -0.2) is 31.1 Å². The number of hydrogen-bond donors (Lipinski definition) is 0. The van der Waals surface area contributed by atoms with Crippen molar-refractivity contribution in [2.45, 2.75) is 30.6 Å². The van der Waals surface area contributed by atoms with Gasteiger partial charge in [-0.3, -0.25) is 0 Å². The average Bonchev–Trinajstić information content (AvgIpc) is 1.85. The summed E-state index contributed by atoms with van der Waals surface area (Å²) < 4.78 is 46.2. The van der Waals surface area contributed by atoms with Gasteiger partial charge in [0.2, 0.25) is 12.1 Å². The summed E-state index contributed by atoms with van der Waals surface area (Å²) in [6.07, 6.45) is 0.604. The van der Waals surface area contributed by atoms with Gasteiger partial charge < -0.3 is 0 Å². The van der Waals surface area contributed by atoms with Crippen LogP contribution in [-0.2, 0) is 0 Å². The van der Waals surface area contributed by atoms with Gasteiger partial charge in [0, 0.05) is 0 Å². The molecule has 0 aromatic rings. The van der Waals surface area contributed by atoms with Crippen molar-refractivity contribution >= 4 is 19.0 Å². The molecule has 0 aromatic carbocycles. The summed E-state index contributed by atoms with van der Waals surface area (Å²) in [6, 6.07) is -3.22. The van der Waals surface area contributed by atoms with Crippen molar-refractivity contribution in [3.05, 3.63) is 0 Å². The highest BCUT2D eigenvalue weighted by molar-refractivity contribution is 6.38. The van der Waals surface area contributed by atoms with Crippen LogP contribution in [0.5, 0.6) is 0 Å². The third-order valence-electron chi connectivity index (χ3n) is 1.34. The maximum atomic E-state index is 11.5. The van der Waals surface area contributed by atoms with E-state index < -0.39 is 31.1 Å². The van der Waals surface area contributed by atoms with Crippen molar-refractivity contribution < 1.29 is 17.6 Å². The fourth-order valence-electron chi connectivity index (χ4n) is 0.774. The molecule has 68 valence electrons. The molecule has 0 fully saturated rings. The first-order chi connectivity index (χ1) is 5.13. The Labute approximate surface area is 68.0 Å². The van der Waals surface area contributed by atoms with Gasteiger partial charge in [-0.1, -0.05) is 18.5 Å². The molecule has 0 radical (unpaired) electrons. The molecule has 0 bridgehead atoms. The summed E-state index contributed by atoms with van der Waals surface area (Å²) in [4.78, 5) is 0. The van der Waals surface area contributed by atoms with E-state index in [1.165, 1.54) is 0 Å². The van der Waals surface area contributed by atoms with Crippen LogP contribution < -0.4 is 0 Å². The molecule has 0 nitrogen and oxygen atoms in total. The Morgan fingerprint density at radius 2 is 1.18 bits per heavy atom. The summed E-state index contributed by atoms with van der Waals surface area (Å²) in [5.74, 6) is 0. The van der Waals surface area contributed by atoms with Gasteiger partial charge in [0.05, 0.1) is 0 Å². The van der Waals surface area contributed by atoms with Crippen LogP contribution in [0.4, 0.5) is 17.6 Å². The largest absolute Gasteiger partial charge is 0.216 e. The molecular weight excluding hydrogens is 192 g/mol. The Bertz CT molecular complexity index is 78.6. The minimum Gasteiger partial charge on any atom is -0.216 e. The molecule has 0 atom stereocenters. The zero-order valence-electron chi connectivity index (χ0n) is 6.20. The van der Waals surface area contributed by atoms with E-state index in [4.69, 9.17) is 0 Å². The molecular formula is C5H12F4Si2. The molecule has 6 heteroatoms. The van der Waals surface area contributed by atoms with E-state index >= 15 is 0 Å². The van der Waals surface area contributed by atoms with Crippen LogP contribution in [0.1, 0.15) is 6.42 Å². The van der Waals surface area contributed by atoms with E-state index in [1.807, 2.05) is 0 Å². The SMILES string of the molecule is FC(F)[SiH2]CCC[SiH2]C(F)F. The highest BCUT2D eigenvalue weighted by Gasteiger charge is 2.05. The molecule has 0 spiro atoms. The standard InChI is InChI=1S/C5H12F4Si2/c6-4(7)10-2-1-3-11-5(8)9/h4-5H,1-3,10-11H2. The van der Waals surface area contributed by atoms with Gasteiger partial charge in [0.25, 0.3) is 0 Å².